The summed E-state index contributed by atoms with van der Waals surface area (Å²) in [5.41, 5.74) is 2.74. The van der Waals surface area contributed by atoms with Gasteiger partial charge in [0.25, 0.3) is 0 Å². The van der Waals surface area contributed by atoms with Gasteiger partial charge in [-0.1, -0.05) is 30.3 Å². The molecule has 426 valence electrons. The molecule has 16 N–H and O–H groups in total. The van der Waals surface area contributed by atoms with Crippen molar-refractivity contribution in [3.8, 4) is 0 Å². The molecule has 4 fully saturated rings. The Balaban J connectivity index is 0.000000160. The molecule has 0 unspecified atom stereocenters. The summed E-state index contributed by atoms with van der Waals surface area (Å²) in [4.78, 5) is 2.29. The third kappa shape index (κ3) is 14.3. The first kappa shape index (κ1) is 61.5. The summed E-state index contributed by atoms with van der Waals surface area (Å²) in [5, 5.41) is 156. The Morgan fingerprint density at radius 2 is 0.818 bits per heavy atom. The minimum atomic E-state index is -1.46. The van der Waals surface area contributed by atoms with Gasteiger partial charge < -0.3 is 101 Å². The van der Waals surface area contributed by atoms with Crippen LogP contribution in [0.2, 0.25) is 0 Å². The van der Waals surface area contributed by atoms with E-state index in [0.29, 0.717) is 17.5 Å². The van der Waals surface area contributed by atoms with Gasteiger partial charge in [0, 0.05) is 41.4 Å². The number of halogens is 1. The van der Waals surface area contributed by atoms with Crippen molar-refractivity contribution in [1.29, 1.82) is 0 Å². The lowest BCUT2D eigenvalue weighted by atomic mass is 9.90. The molecule has 77 heavy (non-hydrogen) atoms. The van der Waals surface area contributed by atoms with Gasteiger partial charge in [0.05, 0.1) is 38.6 Å². The zero-order valence-electron chi connectivity index (χ0n) is 41.6. The number of aliphatic hydroxyl groups is 16. The summed E-state index contributed by atoms with van der Waals surface area (Å²) in [5.74, 6) is -0.361. The number of ether oxygens (including phenoxy) is 4. The number of aliphatic hydroxyl groups excluding tert-OH is 16. The first-order valence-electron chi connectivity index (χ1n) is 24.7. The Bertz CT molecular complexity index is 2650. The maximum Gasteiger partial charge on any atom is 0.126 e. The number of fused-ring (bicyclic) bond motifs is 2. The van der Waals surface area contributed by atoms with Gasteiger partial charge in [-0.2, -0.15) is 0 Å². The van der Waals surface area contributed by atoms with Crippen LogP contribution in [-0.4, -0.2) is 218 Å². The molecule has 20 atom stereocenters. The van der Waals surface area contributed by atoms with Gasteiger partial charge in [-0.05, 0) is 83.3 Å². The molecule has 4 aromatic heterocycles. The Morgan fingerprint density at radius 1 is 0.416 bits per heavy atom. The Hall–Kier alpha value is -3.11. The Labute approximate surface area is 457 Å². The highest BCUT2D eigenvalue weighted by atomic mass is 32.1. The zero-order chi connectivity index (χ0) is 56.0. The van der Waals surface area contributed by atoms with E-state index in [1.807, 2.05) is 41.8 Å². The van der Waals surface area contributed by atoms with Crippen LogP contribution in [0, 0.1) is 5.82 Å². The maximum absolute atomic E-state index is 14.4. The molecule has 0 spiro atoms. The summed E-state index contributed by atoms with van der Waals surface area (Å²) in [6.07, 6.45) is -20.6. The smallest absolute Gasteiger partial charge is 0.126 e. The molecule has 0 bridgehead atoms. The highest BCUT2D eigenvalue weighted by Gasteiger charge is 2.46. The van der Waals surface area contributed by atoms with Crippen LogP contribution in [0.4, 0.5) is 4.39 Å². The van der Waals surface area contributed by atoms with E-state index in [9.17, 15) is 75.9 Å². The molecule has 4 aliphatic rings. The number of thiophene rings is 4. The lowest BCUT2D eigenvalue weighted by Crippen LogP contribution is -2.57. The average molecular weight is 1160 g/mol. The van der Waals surface area contributed by atoms with Crippen molar-refractivity contribution >= 4 is 64.1 Å². The van der Waals surface area contributed by atoms with Crippen LogP contribution in [0.25, 0.3) is 18.8 Å². The molecule has 8 heterocycles. The second kappa shape index (κ2) is 27.6. The Kier molecular flexibility index (Phi) is 22.0. The highest BCUT2D eigenvalue weighted by molar-refractivity contribution is 7.27. The third-order valence-corrected chi connectivity index (χ3v) is 18.0. The van der Waals surface area contributed by atoms with Crippen LogP contribution in [0.1, 0.15) is 58.1 Å². The number of benzene rings is 2. The van der Waals surface area contributed by atoms with E-state index in [0.717, 1.165) is 22.4 Å². The Morgan fingerprint density at radius 3 is 1.25 bits per heavy atom. The van der Waals surface area contributed by atoms with Crippen molar-refractivity contribution in [2.24, 2.45) is 0 Å². The van der Waals surface area contributed by atoms with Crippen LogP contribution in [0.3, 0.4) is 0 Å². The van der Waals surface area contributed by atoms with Crippen LogP contribution in [-0.2, 0) is 31.8 Å². The van der Waals surface area contributed by atoms with Crippen LogP contribution < -0.4 is 0 Å². The van der Waals surface area contributed by atoms with Crippen molar-refractivity contribution in [2.45, 2.75) is 149 Å². The van der Waals surface area contributed by atoms with Crippen LogP contribution in [0.5, 0.6) is 0 Å². The lowest BCUT2D eigenvalue weighted by Gasteiger charge is -2.40. The first-order valence-corrected chi connectivity index (χ1v) is 28.1. The third-order valence-electron chi connectivity index (χ3n) is 13.8. The summed E-state index contributed by atoms with van der Waals surface area (Å²) in [6.45, 7) is 1.49. The van der Waals surface area contributed by atoms with Crippen molar-refractivity contribution in [3.63, 3.8) is 0 Å². The quantitative estimate of drug-likeness (QED) is 0.0857. The molecule has 20 nitrogen and oxygen atoms in total. The minimum absolute atomic E-state index is 0.361. The SMILES string of the molecule is C[C@@H]1O[C@H](CO)[C@@H](O)[C@H](O)[C@H]1O.C[C@@H]1O[C@H](CO)[C@@H](O)[C@H](O)[C@H]1O.OC[C@H]1O[C@@H](c2ccc(F)c(Cc3cc4sccc4s3)c2)[C@H](O)[C@@H](O)[C@@H]1O.OC[C@H]1O[C@@H](c2cccc(Cc3cc4sccc4s3)c2)[C@H](O)[C@@H](O)[C@@H]1O. The predicted octanol–water partition coefficient (Wildman–Crippen LogP) is -0.0265. The molecule has 10 rings (SSSR count). The molecule has 0 radical (unpaired) electrons. The molecule has 0 saturated carbocycles. The van der Waals surface area contributed by atoms with E-state index in [1.54, 1.807) is 65.3 Å². The van der Waals surface area contributed by atoms with Crippen molar-refractivity contribution in [2.75, 3.05) is 26.4 Å². The summed E-state index contributed by atoms with van der Waals surface area (Å²) < 4.78 is 40.5. The summed E-state index contributed by atoms with van der Waals surface area (Å²) in [6, 6.07) is 20.5. The molecule has 4 aliphatic heterocycles. The van der Waals surface area contributed by atoms with E-state index in [1.165, 1.54) is 35.8 Å². The molecule has 25 heteroatoms. The summed E-state index contributed by atoms with van der Waals surface area (Å²) >= 11 is 6.75. The molecular formula is C52H67FO20S4. The topological polar surface area (TPSA) is 361 Å². The molecule has 4 saturated heterocycles. The van der Waals surface area contributed by atoms with Crippen molar-refractivity contribution < 1.29 is 105 Å². The largest absolute Gasteiger partial charge is 0.394 e. The van der Waals surface area contributed by atoms with Gasteiger partial charge in [-0.3, -0.25) is 0 Å². The molecule has 0 aliphatic carbocycles. The number of hydrogen-bond donors (Lipinski definition) is 16. The molecule has 6 aromatic rings. The maximum atomic E-state index is 14.4. The first-order chi connectivity index (χ1) is 36.7. The average Bonchev–Trinajstić information content (AvgIpc) is 4.25. The van der Waals surface area contributed by atoms with Gasteiger partial charge in [0.15, 0.2) is 0 Å². The highest BCUT2D eigenvalue weighted by Crippen LogP contribution is 2.37. The second-order valence-electron chi connectivity index (χ2n) is 19.2. The second-order valence-corrected chi connectivity index (χ2v) is 23.5. The lowest BCUT2D eigenvalue weighted by molar-refractivity contribution is -0.231. The van der Waals surface area contributed by atoms with Gasteiger partial charge in [0.1, 0.15) is 116 Å². The normalized spacial score (nSPS) is 35.3. The van der Waals surface area contributed by atoms with Gasteiger partial charge in [0.2, 0.25) is 0 Å². The van der Waals surface area contributed by atoms with E-state index in [4.69, 9.17) is 29.2 Å². The minimum Gasteiger partial charge on any atom is -0.394 e. The molecular weight excluding hydrogens is 1090 g/mol. The fourth-order valence-corrected chi connectivity index (χ4v) is 13.6. The molecule has 0 amide bonds. The van der Waals surface area contributed by atoms with Crippen molar-refractivity contribution in [1.82, 2.24) is 0 Å². The number of hydrogen-bond acceptors (Lipinski definition) is 24. The summed E-state index contributed by atoms with van der Waals surface area (Å²) in [7, 11) is 0. The van der Waals surface area contributed by atoms with E-state index in [-0.39, 0.29) is 19.0 Å². The van der Waals surface area contributed by atoms with Crippen molar-refractivity contribution in [3.05, 3.63) is 115 Å². The van der Waals surface area contributed by atoms with E-state index < -0.39 is 135 Å². The van der Waals surface area contributed by atoms with Gasteiger partial charge in [-0.15, -0.1) is 45.3 Å². The standard InChI is InChI=1S/C19H19FO5S2.C19H20O5S2.2C7H14O5/c20-12-2-1-9(19-18(24)17(23)16(22)13(8-21)25-19)5-10(12)6-11-7-15-14(27-11)3-4-26-15;20-9-13-16(21)17(22)18(23)19(24-13)11-3-1-2-10(6-11)7-12-8-15-14(26-12)4-5-25-15;2*1-3-5(9)7(11)6(10)4(2-8)12-3/h1-5,7,13,16-19,21-24H,6,8H2;1-6,8,13,16-23H,7,9H2;2*3-11H,2H2,1H3/t2*13-,16-,17+,18-,19+;2*3-,4+,5-,6+,7+/m1100/s1. The fraction of sp³-hybridized carbons (Fsp3) is 0.538. The predicted molar refractivity (Wildman–Crippen MR) is 282 cm³/mol. The number of rotatable bonds is 10. The van der Waals surface area contributed by atoms with Gasteiger partial charge >= 0.3 is 0 Å². The van der Waals surface area contributed by atoms with Crippen LogP contribution >= 0.6 is 45.3 Å². The van der Waals surface area contributed by atoms with E-state index >= 15 is 0 Å². The van der Waals surface area contributed by atoms with Gasteiger partial charge in [-0.25, -0.2) is 4.39 Å². The molecule has 2 aromatic carbocycles. The van der Waals surface area contributed by atoms with E-state index in [2.05, 4.69) is 17.5 Å². The monoisotopic (exact) mass is 1160 g/mol. The van der Waals surface area contributed by atoms with Crippen LogP contribution in [0.15, 0.2) is 77.5 Å². The zero-order valence-corrected chi connectivity index (χ0v) is 44.9. The fourth-order valence-electron chi connectivity index (χ4n) is 9.31.